The standard InChI is InChI=1S/C17H18N6O2/c1-25-17(24)14-3-4-15(22-21-14)20-13-6-8-23(9-7-13)16-5-2-12(10-18)11-19-16/h2-5,11,13H,6-9H2,1H3,(H,20,22). The Morgan fingerprint density at radius 1 is 1.28 bits per heavy atom. The van der Waals surface area contributed by atoms with E-state index in [0.717, 1.165) is 31.7 Å². The summed E-state index contributed by atoms with van der Waals surface area (Å²) in [5, 5.41) is 20.0. The highest BCUT2D eigenvalue weighted by atomic mass is 16.5. The molecule has 0 aliphatic carbocycles. The quantitative estimate of drug-likeness (QED) is 0.839. The summed E-state index contributed by atoms with van der Waals surface area (Å²) in [7, 11) is 1.31. The fourth-order valence-electron chi connectivity index (χ4n) is 2.72. The van der Waals surface area contributed by atoms with E-state index in [2.05, 4.69) is 36.2 Å². The van der Waals surface area contributed by atoms with Gasteiger partial charge in [0.2, 0.25) is 0 Å². The van der Waals surface area contributed by atoms with Gasteiger partial charge in [-0.2, -0.15) is 5.26 Å². The van der Waals surface area contributed by atoms with Crippen molar-refractivity contribution in [1.82, 2.24) is 15.2 Å². The first-order chi connectivity index (χ1) is 12.2. The highest BCUT2D eigenvalue weighted by molar-refractivity contribution is 5.86. The van der Waals surface area contributed by atoms with E-state index in [0.29, 0.717) is 11.4 Å². The van der Waals surface area contributed by atoms with E-state index in [1.807, 2.05) is 6.07 Å². The Hall–Kier alpha value is -3.21. The van der Waals surface area contributed by atoms with E-state index in [4.69, 9.17) is 5.26 Å². The van der Waals surface area contributed by atoms with Crippen molar-refractivity contribution >= 4 is 17.6 Å². The van der Waals surface area contributed by atoms with E-state index in [1.165, 1.54) is 7.11 Å². The van der Waals surface area contributed by atoms with Gasteiger partial charge in [-0.3, -0.25) is 0 Å². The Labute approximate surface area is 145 Å². The molecular weight excluding hydrogens is 320 g/mol. The monoisotopic (exact) mass is 338 g/mol. The summed E-state index contributed by atoms with van der Waals surface area (Å²) >= 11 is 0. The Morgan fingerprint density at radius 3 is 2.64 bits per heavy atom. The van der Waals surface area contributed by atoms with Crippen LogP contribution < -0.4 is 10.2 Å². The number of hydrogen-bond donors (Lipinski definition) is 1. The number of nitrogens with one attached hydrogen (secondary N) is 1. The van der Waals surface area contributed by atoms with Crippen molar-refractivity contribution in [2.45, 2.75) is 18.9 Å². The summed E-state index contributed by atoms with van der Waals surface area (Å²) in [5.74, 6) is 1.03. The summed E-state index contributed by atoms with van der Waals surface area (Å²) < 4.78 is 4.60. The maximum atomic E-state index is 11.4. The molecule has 3 heterocycles. The molecule has 3 rings (SSSR count). The lowest BCUT2D eigenvalue weighted by Crippen LogP contribution is -2.39. The number of nitrogens with zero attached hydrogens (tertiary/aromatic N) is 5. The average molecular weight is 338 g/mol. The second-order valence-corrected chi connectivity index (χ2v) is 5.72. The number of ether oxygens (including phenoxy) is 1. The lowest BCUT2D eigenvalue weighted by atomic mass is 10.0. The third-order valence-electron chi connectivity index (χ3n) is 4.11. The van der Waals surface area contributed by atoms with Gasteiger partial charge in [-0.25, -0.2) is 9.78 Å². The van der Waals surface area contributed by atoms with Crippen LogP contribution in [0.25, 0.3) is 0 Å². The van der Waals surface area contributed by atoms with Gasteiger partial charge in [-0.1, -0.05) is 0 Å². The zero-order valence-electron chi connectivity index (χ0n) is 13.8. The number of rotatable bonds is 4. The zero-order chi connectivity index (χ0) is 17.6. The number of esters is 1. The number of aromatic nitrogens is 3. The summed E-state index contributed by atoms with van der Waals surface area (Å²) in [6.45, 7) is 1.73. The lowest BCUT2D eigenvalue weighted by Gasteiger charge is -2.33. The van der Waals surface area contributed by atoms with E-state index in [9.17, 15) is 4.79 Å². The third-order valence-corrected chi connectivity index (χ3v) is 4.11. The second kappa shape index (κ2) is 7.57. The SMILES string of the molecule is COC(=O)c1ccc(NC2CCN(c3ccc(C#N)cn3)CC2)nn1. The molecule has 0 radical (unpaired) electrons. The van der Waals surface area contributed by atoms with Crippen LogP contribution in [0.15, 0.2) is 30.5 Å². The maximum absolute atomic E-state index is 11.4. The molecule has 0 spiro atoms. The molecule has 0 amide bonds. The van der Waals surface area contributed by atoms with Crippen LogP contribution in [0.5, 0.6) is 0 Å². The molecule has 8 heteroatoms. The molecule has 0 aromatic carbocycles. The van der Waals surface area contributed by atoms with Crippen LogP contribution in [0.3, 0.4) is 0 Å². The fourth-order valence-corrected chi connectivity index (χ4v) is 2.72. The predicted molar refractivity (Wildman–Crippen MR) is 91.2 cm³/mol. The molecule has 128 valence electrons. The summed E-state index contributed by atoms with van der Waals surface area (Å²) in [6.07, 6.45) is 3.46. The molecule has 1 fully saturated rings. The Balaban J connectivity index is 1.53. The predicted octanol–water partition coefficient (Wildman–Crippen LogP) is 1.61. The molecule has 1 aliphatic rings. The summed E-state index contributed by atoms with van der Waals surface area (Å²) in [6, 6.07) is 9.34. The van der Waals surface area contributed by atoms with Crippen molar-refractivity contribution in [3.05, 3.63) is 41.7 Å². The Kier molecular flexibility index (Phi) is 5.04. The van der Waals surface area contributed by atoms with Crippen molar-refractivity contribution in [2.24, 2.45) is 0 Å². The average Bonchev–Trinajstić information content (AvgIpc) is 2.68. The second-order valence-electron chi connectivity index (χ2n) is 5.72. The number of nitriles is 1. The Bertz CT molecular complexity index is 761. The van der Waals surface area contributed by atoms with Crippen molar-refractivity contribution in [2.75, 3.05) is 30.4 Å². The van der Waals surface area contributed by atoms with Gasteiger partial charge < -0.3 is 15.0 Å². The molecule has 1 saturated heterocycles. The smallest absolute Gasteiger partial charge is 0.358 e. The van der Waals surface area contributed by atoms with Crippen LogP contribution in [0.4, 0.5) is 11.6 Å². The van der Waals surface area contributed by atoms with Crippen molar-refractivity contribution < 1.29 is 9.53 Å². The Morgan fingerprint density at radius 2 is 2.08 bits per heavy atom. The summed E-state index contributed by atoms with van der Waals surface area (Å²) in [5.41, 5.74) is 0.754. The molecule has 25 heavy (non-hydrogen) atoms. The first-order valence-corrected chi connectivity index (χ1v) is 7.99. The molecule has 2 aromatic rings. The van der Waals surface area contributed by atoms with Gasteiger partial charge >= 0.3 is 5.97 Å². The van der Waals surface area contributed by atoms with Crippen molar-refractivity contribution in [1.29, 1.82) is 5.26 Å². The van der Waals surface area contributed by atoms with Crippen LogP contribution in [0, 0.1) is 11.3 Å². The van der Waals surface area contributed by atoms with Crippen molar-refractivity contribution in [3.63, 3.8) is 0 Å². The van der Waals surface area contributed by atoms with Gasteiger partial charge in [0.05, 0.1) is 12.7 Å². The van der Waals surface area contributed by atoms with Crippen molar-refractivity contribution in [3.8, 4) is 6.07 Å². The number of carbonyl (C=O) groups is 1. The van der Waals surface area contributed by atoms with Gasteiger partial charge in [0.15, 0.2) is 5.69 Å². The normalized spacial score (nSPS) is 14.6. The zero-order valence-corrected chi connectivity index (χ0v) is 13.8. The molecule has 8 nitrogen and oxygen atoms in total. The van der Waals surface area contributed by atoms with Crippen LogP contribution in [-0.4, -0.2) is 47.4 Å². The number of anilines is 2. The minimum atomic E-state index is -0.498. The summed E-state index contributed by atoms with van der Waals surface area (Å²) in [4.78, 5) is 17.9. The molecule has 1 N–H and O–H groups in total. The largest absolute Gasteiger partial charge is 0.464 e. The topological polar surface area (TPSA) is 104 Å². The molecule has 0 atom stereocenters. The van der Waals surface area contributed by atoms with E-state index in [1.54, 1.807) is 24.4 Å². The minimum Gasteiger partial charge on any atom is -0.464 e. The first-order valence-electron chi connectivity index (χ1n) is 7.99. The number of hydrogen-bond acceptors (Lipinski definition) is 8. The highest BCUT2D eigenvalue weighted by Gasteiger charge is 2.20. The van der Waals surface area contributed by atoms with Crippen LogP contribution in [0.1, 0.15) is 28.9 Å². The third kappa shape index (κ3) is 4.01. The van der Waals surface area contributed by atoms with E-state index < -0.39 is 5.97 Å². The van der Waals surface area contributed by atoms with Gasteiger partial charge in [-0.05, 0) is 37.1 Å². The number of methoxy groups -OCH3 is 1. The van der Waals surface area contributed by atoms with Gasteiger partial charge in [0, 0.05) is 25.3 Å². The van der Waals surface area contributed by atoms with Crippen LogP contribution >= 0.6 is 0 Å². The van der Waals surface area contributed by atoms with Gasteiger partial charge in [0.1, 0.15) is 17.7 Å². The fraction of sp³-hybridized carbons (Fsp3) is 0.353. The number of piperidine rings is 1. The molecular formula is C17H18N6O2. The van der Waals surface area contributed by atoms with Gasteiger partial charge in [-0.15, -0.1) is 10.2 Å². The van der Waals surface area contributed by atoms with E-state index >= 15 is 0 Å². The maximum Gasteiger partial charge on any atom is 0.358 e. The first kappa shape index (κ1) is 16.6. The molecule has 0 unspecified atom stereocenters. The number of pyridine rings is 1. The molecule has 2 aromatic heterocycles. The lowest BCUT2D eigenvalue weighted by molar-refractivity contribution is 0.0593. The minimum absolute atomic E-state index is 0.190. The van der Waals surface area contributed by atoms with E-state index in [-0.39, 0.29) is 11.7 Å². The molecule has 1 aliphatic heterocycles. The molecule has 0 saturated carbocycles. The van der Waals surface area contributed by atoms with Crippen LogP contribution in [-0.2, 0) is 4.74 Å². The van der Waals surface area contributed by atoms with Crippen LogP contribution in [0.2, 0.25) is 0 Å². The molecule has 0 bridgehead atoms. The number of carbonyl (C=O) groups excluding carboxylic acids is 1. The highest BCUT2D eigenvalue weighted by Crippen LogP contribution is 2.20. The van der Waals surface area contributed by atoms with Gasteiger partial charge in [0.25, 0.3) is 0 Å².